The van der Waals surface area contributed by atoms with Gasteiger partial charge in [-0.15, -0.1) is 4.83 Å². The zero-order valence-electron chi connectivity index (χ0n) is 12.0. The molecule has 0 aliphatic carbocycles. The number of esters is 1. The second-order valence-electron chi connectivity index (χ2n) is 5.04. The first kappa shape index (κ1) is 15.9. The smallest absolute Gasteiger partial charge is 0.309 e. The summed E-state index contributed by atoms with van der Waals surface area (Å²) in [4.78, 5) is 14.0. The van der Waals surface area contributed by atoms with Gasteiger partial charge in [-0.25, -0.2) is 13.4 Å². The molecule has 0 radical (unpaired) electrons. The van der Waals surface area contributed by atoms with Gasteiger partial charge in [-0.2, -0.15) is 0 Å². The van der Waals surface area contributed by atoms with Crippen molar-refractivity contribution >= 4 is 16.0 Å². The molecule has 1 saturated heterocycles. The monoisotopic (exact) mass is 312 g/mol. The second kappa shape index (κ2) is 7.02. The lowest BCUT2D eigenvalue weighted by Gasteiger charge is -2.26. The molecule has 0 saturated carbocycles. The molecule has 1 fully saturated rings. The molecule has 2 rings (SSSR count). The van der Waals surface area contributed by atoms with Crippen molar-refractivity contribution in [3.63, 3.8) is 0 Å². The van der Waals surface area contributed by atoms with Gasteiger partial charge in [0.25, 0.3) is 10.0 Å². The molecule has 1 aromatic rings. The summed E-state index contributed by atoms with van der Waals surface area (Å²) in [6, 6.07) is 6.26. The van der Waals surface area contributed by atoms with E-state index in [1.54, 1.807) is 17.1 Å². The highest BCUT2D eigenvalue weighted by molar-refractivity contribution is 7.89. The van der Waals surface area contributed by atoms with Crippen molar-refractivity contribution in [2.45, 2.75) is 30.6 Å². The first-order valence-electron chi connectivity index (χ1n) is 6.94. The number of carbonyl (C=O) groups excluding carboxylic acids is 1. The van der Waals surface area contributed by atoms with E-state index in [0.717, 1.165) is 37.9 Å². The van der Waals surface area contributed by atoms with E-state index in [1.165, 1.54) is 19.2 Å². The third-order valence-corrected chi connectivity index (χ3v) is 4.81. The Morgan fingerprint density at radius 1 is 1.19 bits per heavy atom. The normalized spacial score (nSPS) is 16.6. The van der Waals surface area contributed by atoms with E-state index in [9.17, 15) is 13.2 Å². The maximum absolute atomic E-state index is 12.2. The molecule has 6 nitrogen and oxygen atoms in total. The molecule has 0 aromatic heterocycles. The van der Waals surface area contributed by atoms with Crippen LogP contribution in [-0.2, 0) is 26.0 Å². The van der Waals surface area contributed by atoms with Gasteiger partial charge in [-0.05, 0) is 30.5 Å². The van der Waals surface area contributed by atoms with Crippen LogP contribution in [0.25, 0.3) is 0 Å². The minimum absolute atomic E-state index is 0.135. The summed E-state index contributed by atoms with van der Waals surface area (Å²) in [7, 11) is -2.23. The van der Waals surface area contributed by atoms with Crippen molar-refractivity contribution in [1.29, 1.82) is 0 Å². The highest BCUT2D eigenvalue weighted by Crippen LogP contribution is 2.13. The Morgan fingerprint density at radius 2 is 1.81 bits per heavy atom. The molecule has 1 aliphatic heterocycles. The van der Waals surface area contributed by atoms with Crippen molar-refractivity contribution in [2.24, 2.45) is 0 Å². The quantitative estimate of drug-likeness (QED) is 0.824. The van der Waals surface area contributed by atoms with Crippen LogP contribution < -0.4 is 4.83 Å². The van der Waals surface area contributed by atoms with Crippen molar-refractivity contribution in [2.75, 3.05) is 20.2 Å². The van der Waals surface area contributed by atoms with Gasteiger partial charge >= 0.3 is 5.97 Å². The second-order valence-corrected chi connectivity index (χ2v) is 6.70. The van der Waals surface area contributed by atoms with E-state index in [1.807, 2.05) is 0 Å². The number of piperidine rings is 1. The lowest BCUT2D eigenvalue weighted by atomic mass is 10.2. The first-order valence-corrected chi connectivity index (χ1v) is 8.43. The van der Waals surface area contributed by atoms with Crippen molar-refractivity contribution in [1.82, 2.24) is 9.84 Å². The van der Waals surface area contributed by atoms with E-state index >= 15 is 0 Å². The number of hydrogen-bond donors (Lipinski definition) is 1. The highest BCUT2D eigenvalue weighted by atomic mass is 32.2. The third-order valence-electron chi connectivity index (χ3n) is 3.42. The van der Waals surface area contributed by atoms with E-state index in [-0.39, 0.29) is 17.3 Å². The van der Waals surface area contributed by atoms with Crippen LogP contribution in [0.5, 0.6) is 0 Å². The van der Waals surface area contributed by atoms with Crippen molar-refractivity contribution < 1.29 is 17.9 Å². The minimum atomic E-state index is -3.55. The fraction of sp³-hybridized carbons (Fsp3) is 0.500. The molecule has 0 amide bonds. The van der Waals surface area contributed by atoms with Gasteiger partial charge in [0.05, 0.1) is 18.4 Å². The molecule has 0 unspecified atom stereocenters. The molecule has 1 aromatic carbocycles. The van der Waals surface area contributed by atoms with Crippen LogP contribution in [0.4, 0.5) is 0 Å². The first-order chi connectivity index (χ1) is 10.0. The number of nitrogens with one attached hydrogen (secondary N) is 1. The Morgan fingerprint density at radius 3 is 2.38 bits per heavy atom. The van der Waals surface area contributed by atoms with Gasteiger partial charge in [0.1, 0.15) is 0 Å². The summed E-state index contributed by atoms with van der Waals surface area (Å²) in [5, 5.41) is 1.74. The van der Waals surface area contributed by atoms with Crippen LogP contribution in [0.15, 0.2) is 29.2 Å². The van der Waals surface area contributed by atoms with E-state index in [4.69, 9.17) is 0 Å². The summed E-state index contributed by atoms with van der Waals surface area (Å²) in [5.74, 6) is -0.350. The highest BCUT2D eigenvalue weighted by Gasteiger charge is 2.19. The van der Waals surface area contributed by atoms with Gasteiger partial charge in [-0.1, -0.05) is 18.6 Å². The number of rotatable bonds is 5. The molecule has 7 heteroatoms. The fourth-order valence-corrected chi connectivity index (χ4v) is 3.36. The number of methoxy groups -OCH3 is 1. The van der Waals surface area contributed by atoms with Crippen LogP contribution in [0.3, 0.4) is 0 Å². The van der Waals surface area contributed by atoms with Crippen LogP contribution in [-0.4, -0.2) is 39.6 Å². The topological polar surface area (TPSA) is 75.7 Å². The molecule has 21 heavy (non-hydrogen) atoms. The summed E-state index contributed by atoms with van der Waals surface area (Å²) in [6.07, 6.45) is 3.28. The SMILES string of the molecule is COC(=O)Cc1ccc(S(=O)(=O)NN2CCCCC2)cc1. The molecule has 0 atom stereocenters. The maximum atomic E-state index is 12.2. The van der Waals surface area contributed by atoms with Gasteiger partial charge < -0.3 is 4.74 Å². The summed E-state index contributed by atoms with van der Waals surface area (Å²) >= 11 is 0. The number of hydrazine groups is 1. The number of benzene rings is 1. The predicted octanol–water partition coefficient (Wildman–Crippen LogP) is 1.08. The maximum Gasteiger partial charge on any atom is 0.309 e. The van der Waals surface area contributed by atoms with Gasteiger partial charge in [0.15, 0.2) is 0 Å². The fourth-order valence-electron chi connectivity index (χ4n) is 2.23. The molecule has 0 spiro atoms. The average Bonchev–Trinajstić information content (AvgIpc) is 2.48. The zero-order chi connectivity index (χ0) is 15.3. The van der Waals surface area contributed by atoms with Crippen LogP contribution in [0.2, 0.25) is 0 Å². The predicted molar refractivity (Wildman–Crippen MR) is 77.9 cm³/mol. The minimum Gasteiger partial charge on any atom is -0.469 e. The van der Waals surface area contributed by atoms with E-state index in [0.29, 0.717) is 0 Å². The Bertz CT molecular complexity index is 577. The number of carbonyl (C=O) groups is 1. The number of ether oxygens (including phenoxy) is 1. The Balaban J connectivity index is 2.04. The standard InChI is InChI=1S/C14H20N2O4S/c1-20-14(17)11-12-5-7-13(8-6-12)21(18,19)15-16-9-3-2-4-10-16/h5-8,15H,2-4,9-11H2,1H3. The lowest BCUT2D eigenvalue weighted by molar-refractivity contribution is -0.139. The van der Waals surface area contributed by atoms with Crippen LogP contribution >= 0.6 is 0 Å². The zero-order valence-corrected chi connectivity index (χ0v) is 12.9. The molecular weight excluding hydrogens is 292 g/mol. The summed E-state index contributed by atoms with van der Waals surface area (Å²) < 4.78 is 29.1. The number of sulfonamides is 1. The van der Waals surface area contributed by atoms with E-state index in [2.05, 4.69) is 9.57 Å². The Hall–Kier alpha value is -1.44. The average molecular weight is 312 g/mol. The molecule has 0 bridgehead atoms. The van der Waals surface area contributed by atoms with Gasteiger partial charge in [0.2, 0.25) is 0 Å². The van der Waals surface area contributed by atoms with Crippen molar-refractivity contribution in [3.8, 4) is 0 Å². The molecule has 1 heterocycles. The van der Waals surface area contributed by atoms with Crippen LogP contribution in [0, 0.1) is 0 Å². The molecule has 1 aliphatic rings. The largest absolute Gasteiger partial charge is 0.469 e. The molecule has 116 valence electrons. The molecular formula is C14H20N2O4S. The van der Waals surface area contributed by atoms with Gasteiger partial charge in [-0.3, -0.25) is 4.79 Å². The van der Waals surface area contributed by atoms with Gasteiger partial charge in [0, 0.05) is 13.1 Å². The Kier molecular flexibility index (Phi) is 5.33. The summed E-state index contributed by atoms with van der Waals surface area (Å²) in [5.41, 5.74) is 0.721. The van der Waals surface area contributed by atoms with E-state index < -0.39 is 10.0 Å². The number of nitrogens with zero attached hydrogens (tertiary/aromatic N) is 1. The van der Waals surface area contributed by atoms with Crippen molar-refractivity contribution in [3.05, 3.63) is 29.8 Å². The lowest BCUT2D eigenvalue weighted by Crippen LogP contribution is -2.44. The number of hydrogen-bond acceptors (Lipinski definition) is 5. The Labute approximate surface area is 125 Å². The summed E-state index contributed by atoms with van der Waals surface area (Å²) in [6.45, 7) is 1.47. The van der Waals surface area contributed by atoms with Crippen LogP contribution in [0.1, 0.15) is 24.8 Å². The third kappa shape index (κ3) is 4.52. The molecule has 1 N–H and O–H groups in total.